The Morgan fingerprint density at radius 2 is 2.09 bits per heavy atom. The van der Waals surface area contributed by atoms with Gasteiger partial charge >= 0.3 is 0 Å². The summed E-state index contributed by atoms with van der Waals surface area (Å²) in [5.74, 6) is 0.463. The van der Waals surface area contributed by atoms with Gasteiger partial charge in [-0.15, -0.1) is 0 Å². The van der Waals surface area contributed by atoms with E-state index < -0.39 is 15.1 Å². The molecular weight excluding hydrogens is 318 g/mol. The van der Waals surface area contributed by atoms with Crippen LogP contribution in [0.4, 0.5) is 5.69 Å². The maximum absolute atomic E-state index is 12.4. The molecule has 6 heteroatoms. The number of halogens is 1. The van der Waals surface area contributed by atoms with Crippen molar-refractivity contribution in [2.45, 2.75) is 52.5 Å². The number of carbonyl (C=O) groups excluding carboxylic acids is 1. The van der Waals surface area contributed by atoms with E-state index in [1.807, 2.05) is 0 Å². The van der Waals surface area contributed by atoms with Gasteiger partial charge in [0.1, 0.15) is 5.75 Å². The predicted octanol–water partition coefficient (Wildman–Crippen LogP) is 4.11. The second kappa shape index (κ2) is 6.60. The average molecular weight is 341 g/mol. The second-order valence-electron chi connectivity index (χ2n) is 7.00. The molecule has 0 aromatic heterocycles. The Balaban J connectivity index is 2.24. The van der Waals surface area contributed by atoms with E-state index in [-0.39, 0.29) is 17.4 Å². The number of rotatable bonds is 4. The first-order chi connectivity index (χ1) is 10.2. The topological polar surface area (TPSA) is 47.6 Å². The van der Waals surface area contributed by atoms with E-state index in [0.717, 1.165) is 6.42 Å². The van der Waals surface area contributed by atoms with Gasteiger partial charge in [0.2, 0.25) is 15.1 Å². The number of nitrogens with one attached hydrogen (secondary N) is 1. The minimum Gasteiger partial charge on any atom is -0.476 e. The van der Waals surface area contributed by atoms with Gasteiger partial charge in [0.05, 0.1) is 11.8 Å². The zero-order chi connectivity index (χ0) is 16.5. The Morgan fingerprint density at radius 3 is 2.68 bits per heavy atom. The predicted molar refractivity (Wildman–Crippen MR) is 90.9 cm³/mol. The zero-order valence-corrected chi connectivity index (χ0v) is 15.5. The van der Waals surface area contributed by atoms with Crippen molar-refractivity contribution in [3.8, 4) is 5.75 Å². The molecule has 2 unspecified atom stereocenters. The van der Waals surface area contributed by atoms with Crippen molar-refractivity contribution in [1.82, 2.24) is 0 Å². The smallest absolute Gasteiger partial charge is 0.268 e. The molecule has 1 N–H and O–H groups in total. The van der Waals surface area contributed by atoms with Crippen molar-refractivity contribution in [1.29, 1.82) is 0 Å². The fraction of sp³-hybridized carbons (Fsp3) is 0.562. The first kappa shape index (κ1) is 17.3. The third kappa shape index (κ3) is 4.48. The highest BCUT2D eigenvalue weighted by molar-refractivity contribution is 6.48. The molecule has 0 bridgehead atoms. The first-order valence-corrected chi connectivity index (χ1v) is 10.2. The number of ether oxygens (including phenoxy) is 1. The van der Waals surface area contributed by atoms with Gasteiger partial charge in [-0.1, -0.05) is 32.4 Å². The largest absolute Gasteiger partial charge is 0.476 e. The van der Waals surface area contributed by atoms with E-state index in [1.54, 1.807) is 18.2 Å². The minimum absolute atomic E-state index is 0.0475. The summed E-state index contributed by atoms with van der Waals surface area (Å²) in [6.07, 6.45) is -0.135. The van der Waals surface area contributed by atoms with Gasteiger partial charge < -0.3 is 14.5 Å². The first-order valence-electron chi connectivity index (χ1n) is 7.39. The van der Waals surface area contributed by atoms with Crippen LogP contribution >= 0.6 is 11.6 Å². The van der Waals surface area contributed by atoms with Crippen molar-refractivity contribution < 1.29 is 14.0 Å². The number of hydrogen-bond acceptors (Lipinski definition) is 3. The molecule has 121 valence electrons. The molecule has 0 saturated heterocycles. The van der Waals surface area contributed by atoms with Crippen LogP contribution < -0.4 is 10.1 Å². The highest BCUT2D eigenvalue weighted by atomic mass is 35.5. The Morgan fingerprint density at radius 1 is 1.41 bits per heavy atom. The summed E-state index contributed by atoms with van der Waals surface area (Å²) in [7, 11) is -0.941. The molecule has 1 heterocycles. The molecule has 4 nitrogen and oxygen atoms in total. The molecule has 1 aromatic rings. The number of amides is 1. The Kier molecular flexibility index (Phi) is 5.20. The molecule has 22 heavy (non-hydrogen) atoms. The fourth-order valence-corrected chi connectivity index (χ4v) is 3.44. The molecule has 0 spiro atoms. The summed E-state index contributed by atoms with van der Waals surface area (Å²) in [6.45, 7) is 10.5. The van der Waals surface area contributed by atoms with E-state index in [9.17, 15) is 4.79 Å². The molecule has 0 saturated carbocycles. The lowest BCUT2D eigenvalue weighted by molar-refractivity contribution is -0.128. The highest BCUT2D eigenvalue weighted by Crippen LogP contribution is 2.35. The van der Waals surface area contributed by atoms with Crippen LogP contribution in [0.5, 0.6) is 5.75 Å². The van der Waals surface area contributed by atoms with E-state index in [2.05, 4.69) is 39.2 Å². The lowest BCUT2D eigenvalue weighted by atomic mass is 9.87. The number of anilines is 1. The van der Waals surface area contributed by atoms with Crippen LogP contribution in [0.3, 0.4) is 0 Å². The summed E-state index contributed by atoms with van der Waals surface area (Å²) in [4.78, 5) is 12.4. The van der Waals surface area contributed by atoms with Crippen LogP contribution in [0.15, 0.2) is 18.2 Å². The monoisotopic (exact) mass is 340 g/mol. The summed E-state index contributed by atoms with van der Waals surface area (Å²) in [6, 6.07) is 5.23. The quantitative estimate of drug-likeness (QED) is 0.839. The zero-order valence-electron chi connectivity index (χ0n) is 13.7. The Bertz CT molecular complexity index is 557. The number of carbonyl (C=O) groups is 1. The van der Waals surface area contributed by atoms with Gasteiger partial charge in [0.15, 0.2) is 0 Å². The normalized spacial score (nSPS) is 19.4. The van der Waals surface area contributed by atoms with Crippen molar-refractivity contribution in [2.75, 3.05) is 5.32 Å². The molecule has 0 fully saturated rings. The lowest BCUT2D eigenvalue weighted by Crippen LogP contribution is -2.49. The molecule has 1 aliphatic heterocycles. The average Bonchev–Trinajstić information content (AvgIpc) is 2.34. The van der Waals surface area contributed by atoms with Crippen LogP contribution in [0.25, 0.3) is 0 Å². The van der Waals surface area contributed by atoms with Crippen LogP contribution in [-0.4, -0.2) is 27.2 Å². The summed E-state index contributed by atoms with van der Waals surface area (Å²) in [5.41, 5.74) is 0.660. The highest BCUT2D eigenvalue weighted by Gasteiger charge is 2.38. The standard InChI is InChI=1S/C16H23ClNO3Si/c1-16(2,3)9-13(21-22(4)5)14-15(19)18-11-8-10(17)6-7-12(11)20-14/h6-8,13-14H,9H2,1-5H3,(H,18,19). The fourth-order valence-electron chi connectivity index (χ4n) is 2.46. The molecule has 1 radical (unpaired) electrons. The van der Waals surface area contributed by atoms with Crippen molar-refractivity contribution in [2.24, 2.45) is 5.41 Å². The van der Waals surface area contributed by atoms with E-state index in [4.69, 9.17) is 20.8 Å². The van der Waals surface area contributed by atoms with Crippen LogP contribution in [0, 0.1) is 5.41 Å². The third-order valence-electron chi connectivity index (χ3n) is 3.25. The van der Waals surface area contributed by atoms with E-state index in [0.29, 0.717) is 16.5 Å². The van der Waals surface area contributed by atoms with Crippen molar-refractivity contribution in [3.63, 3.8) is 0 Å². The Labute approximate surface area is 138 Å². The number of benzene rings is 1. The maximum atomic E-state index is 12.4. The van der Waals surface area contributed by atoms with Crippen molar-refractivity contribution in [3.05, 3.63) is 23.2 Å². The minimum atomic E-state index is -0.941. The molecule has 2 atom stereocenters. The van der Waals surface area contributed by atoms with Crippen LogP contribution in [0.2, 0.25) is 18.1 Å². The molecule has 1 aromatic carbocycles. The van der Waals surface area contributed by atoms with E-state index in [1.165, 1.54) is 0 Å². The molecular formula is C16H23ClNO3Si. The summed E-state index contributed by atoms with van der Waals surface area (Å²) < 4.78 is 12.0. The van der Waals surface area contributed by atoms with Gasteiger partial charge in [-0.3, -0.25) is 4.79 Å². The van der Waals surface area contributed by atoms with Crippen molar-refractivity contribution >= 4 is 32.2 Å². The van der Waals surface area contributed by atoms with Gasteiger partial charge in [-0.25, -0.2) is 0 Å². The van der Waals surface area contributed by atoms with Gasteiger partial charge in [-0.05, 0) is 43.1 Å². The van der Waals surface area contributed by atoms with E-state index >= 15 is 0 Å². The van der Waals surface area contributed by atoms with Gasteiger partial charge in [0, 0.05) is 5.02 Å². The SMILES string of the molecule is C[Si](C)OC(CC(C)(C)C)C1Oc2ccc(Cl)cc2NC1=O. The number of hydrogen-bond donors (Lipinski definition) is 1. The molecule has 2 rings (SSSR count). The number of fused-ring (bicyclic) bond motifs is 1. The summed E-state index contributed by atoms with van der Waals surface area (Å²) in [5, 5.41) is 3.44. The molecule has 1 aliphatic rings. The summed E-state index contributed by atoms with van der Waals surface area (Å²) >= 11 is 5.95. The second-order valence-corrected chi connectivity index (χ2v) is 9.49. The van der Waals surface area contributed by atoms with Crippen LogP contribution in [0.1, 0.15) is 27.2 Å². The van der Waals surface area contributed by atoms with Gasteiger partial charge in [-0.2, -0.15) is 0 Å². The third-order valence-corrected chi connectivity index (χ3v) is 4.26. The molecule has 1 amide bonds. The Hall–Kier alpha value is -1.04. The van der Waals surface area contributed by atoms with Crippen LogP contribution in [-0.2, 0) is 9.22 Å². The van der Waals surface area contributed by atoms with Gasteiger partial charge in [0.25, 0.3) is 5.91 Å². The molecule has 0 aliphatic carbocycles. The maximum Gasteiger partial charge on any atom is 0.268 e. The lowest BCUT2D eigenvalue weighted by Gasteiger charge is -2.35.